The van der Waals surface area contributed by atoms with Gasteiger partial charge in [0.2, 0.25) is 0 Å². The van der Waals surface area contributed by atoms with Gasteiger partial charge in [-0.15, -0.1) is 0 Å². The molecule has 0 aliphatic heterocycles. The van der Waals surface area contributed by atoms with E-state index < -0.39 is 0 Å². The lowest BCUT2D eigenvalue weighted by Gasteiger charge is -2.27. The quantitative estimate of drug-likeness (QED) is 0.0382. The van der Waals surface area contributed by atoms with E-state index in [9.17, 15) is 9.59 Å². The van der Waals surface area contributed by atoms with Gasteiger partial charge in [-0.3, -0.25) is 9.78 Å². The summed E-state index contributed by atoms with van der Waals surface area (Å²) < 4.78 is 12.8. The van der Waals surface area contributed by atoms with Gasteiger partial charge in [-0.25, -0.2) is 9.78 Å². The number of aromatic amines is 1. The lowest BCUT2D eigenvalue weighted by atomic mass is 9.89. The molecule has 1 aliphatic carbocycles. The van der Waals surface area contributed by atoms with E-state index in [1.54, 1.807) is 11.8 Å². The van der Waals surface area contributed by atoms with Gasteiger partial charge in [-0.2, -0.15) is 0 Å². The van der Waals surface area contributed by atoms with Crippen molar-refractivity contribution in [3.05, 3.63) is 34.1 Å². The summed E-state index contributed by atoms with van der Waals surface area (Å²) in [6, 6.07) is 1.82. The molecule has 1 aliphatic rings. The molecular formula is C55H102N4O4. The molecule has 0 saturated heterocycles. The van der Waals surface area contributed by atoms with Crippen LogP contribution < -0.4 is 11.0 Å². The Labute approximate surface area is 389 Å². The molecule has 0 spiro atoms. The monoisotopic (exact) mass is 883 g/mol. The number of hydrogen-bond donors (Lipinski definition) is 2. The largest absolute Gasteiger partial charge is 0.495 e. The van der Waals surface area contributed by atoms with Crippen LogP contribution in [-0.4, -0.2) is 59.2 Å². The molecule has 8 heteroatoms. The number of esters is 1. The number of H-pyrrole nitrogens is 1. The Morgan fingerprint density at radius 2 is 1.08 bits per heavy atom. The number of rotatable bonds is 46. The van der Waals surface area contributed by atoms with E-state index in [-0.39, 0.29) is 17.8 Å². The molecule has 1 unspecified atom stereocenters. The first kappa shape index (κ1) is 56.8. The summed E-state index contributed by atoms with van der Waals surface area (Å²) in [5, 5.41) is 3.37. The number of anilines is 1. The summed E-state index contributed by atoms with van der Waals surface area (Å²) in [5.41, 5.74) is 1.30. The number of hydrogen-bond acceptors (Lipinski definition) is 7. The minimum Gasteiger partial charge on any atom is -0.495 e. The van der Waals surface area contributed by atoms with Crippen molar-refractivity contribution in [2.75, 3.05) is 31.5 Å². The van der Waals surface area contributed by atoms with Gasteiger partial charge in [0.15, 0.2) is 0 Å². The maximum atomic E-state index is 12.9. The highest BCUT2D eigenvalue weighted by Crippen LogP contribution is 2.33. The first-order chi connectivity index (χ1) is 31.0. The second-order valence-corrected chi connectivity index (χ2v) is 19.3. The molecule has 2 rings (SSSR count). The van der Waals surface area contributed by atoms with Crippen LogP contribution in [0.3, 0.4) is 0 Å². The van der Waals surface area contributed by atoms with Crippen molar-refractivity contribution >= 4 is 11.8 Å². The molecule has 0 radical (unpaired) electrons. The third-order valence-electron chi connectivity index (χ3n) is 13.4. The van der Waals surface area contributed by atoms with Gasteiger partial charge in [0.25, 0.3) is 0 Å². The van der Waals surface area contributed by atoms with Crippen LogP contribution in [0.15, 0.2) is 28.4 Å². The van der Waals surface area contributed by atoms with Crippen molar-refractivity contribution in [3.63, 3.8) is 0 Å². The Morgan fingerprint density at radius 1 is 0.603 bits per heavy atom. The molecule has 1 aromatic heterocycles. The van der Waals surface area contributed by atoms with Gasteiger partial charge in [-0.1, -0.05) is 163 Å². The standard InChI is InChI=1S/C55H102N4O4/c1-5-9-12-15-20-27-38-50(8-4)62-52(49-36-34-37-49)41-30-23-18-25-32-46-59(48-35-44-56-53-43-45-57-55(61)58-53)47-33-26-19-24-31-42-54(60)63-51(39-28-21-16-13-10-6-2)40-29-22-17-14-11-7-3/h43,45,50-51H,5-42,44,46-48H2,1-4H3,(H2,56,57,58,61). The third-order valence-corrected chi connectivity index (χ3v) is 13.4. The number of carbonyl (C=O) groups excluding carboxylic acids is 1. The molecule has 0 amide bonds. The number of carbonyl (C=O) groups is 1. The highest BCUT2D eigenvalue weighted by Gasteiger charge is 2.19. The van der Waals surface area contributed by atoms with Crippen LogP contribution in [0, 0.1) is 0 Å². The number of allylic oxidation sites excluding steroid dienone is 2. The van der Waals surface area contributed by atoms with Gasteiger partial charge < -0.3 is 19.7 Å². The minimum atomic E-state index is -0.313. The zero-order valence-electron chi connectivity index (χ0n) is 42.0. The summed E-state index contributed by atoms with van der Waals surface area (Å²) >= 11 is 0. The number of nitrogens with zero attached hydrogens (tertiary/aromatic N) is 2. The van der Waals surface area contributed by atoms with Gasteiger partial charge in [0, 0.05) is 25.6 Å². The summed E-state index contributed by atoms with van der Waals surface area (Å²) in [6.45, 7) is 13.3. The Balaban J connectivity index is 1.70. The lowest BCUT2D eigenvalue weighted by molar-refractivity contribution is -0.150. The van der Waals surface area contributed by atoms with E-state index in [1.807, 2.05) is 6.07 Å². The molecule has 1 atom stereocenters. The predicted molar refractivity (Wildman–Crippen MR) is 270 cm³/mol. The lowest BCUT2D eigenvalue weighted by Crippen LogP contribution is -2.28. The molecule has 2 N–H and O–H groups in total. The van der Waals surface area contributed by atoms with Crippen LogP contribution in [-0.2, 0) is 14.3 Å². The number of aromatic nitrogens is 2. The molecular weight excluding hydrogens is 781 g/mol. The topological polar surface area (TPSA) is 96.5 Å². The maximum absolute atomic E-state index is 12.9. The van der Waals surface area contributed by atoms with Crippen LogP contribution in [0.1, 0.15) is 272 Å². The summed E-state index contributed by atoms with van der Waals surface area (Å²) in [7, 11) is 0. The Morgan fingerprint density at radius 3 is 1.59 bits per heavy atom. The van der Waals surface area contributed by atoms with Crippen molar-refractivity contribution in [1.29, 1.82) is 0 Å². The molecule has 366 valence electrons. The summed E-state index contributed by atoms with van der Waals surface area (Å²) in [4.78, 5) is 33.7. The molecule has 0 aromatic carbocycles. The summed E-state index contributed by atoms with van der Waals surface area (Å²) in [6.07, 6.45) is 48.5. The molecule has 63 heavy (non-hydrogen) atoms. The van der Waals surface area contributed by atoms with Crippen LogP contribution in [0.25, 0.3) is 0 Å². The van der Waals surface area contributed by atoms with Crippen LogP contribution in [0.2, 0.25) is 0 Å². The number of unbranched alkanes of at least 4 members (excludes halogenated alkanes) is 23. The fraction of sp³-hybridized carbons (Fsp3) is 0.873. The molecule has 8 nitrogen and oxygen atoms in total. The average Bonchev–Trinajstić information content (AvgIpc) is 3.26. The SMILES string of the molecule is CCCCCCCCC(CCCCCCCC)OC(=O)CCCCCCCN(CCCCCCCC(OC(CC)CCCCCCCC)=C1CCC1)CCCNc1ccnc(=O)[nH]1. The van der Waals surface area contributed by atoms with Gasteiger partial charge >= 0.3 is 11.7 Å². The molecule has 1 fully saturated rings. The third kappa shape index (κ3) is 32.0. The molecule has 1 saturated carbocycles. The van der Waals surface area contributed by atoms with Crippen molar-refractivity contribution in [2.24, 2.45) is 0 Å². The van der Waals surface area contributed by atoms with E-state index in [0.717, 1.165) is 76.9 Å². The molecule has 1 heterocycles. The second kappa shape index (κ2) is 41.1. The van der Waals surface area contributed by atoms with Gasteiger partial charge in [0.05, 0.1) is 11.9 Å². The fourth-order valence-corrected chi connectivity index (χ4v) is 9.08. The fourth-order valence-electron chi connectivity index (χ4n) is 9.08. The molecule has 1 aromatic rings. The van der Waals surface area contributed by atoms with Gasteiger partial charge in [-0.05, 0) is 128 Å². The zero-order chi connectivity index (χ0) is 45.3. The Hall–Kier alpha value is -2.35. The Kier molecular flexibility index (Phi) is 37.0. The van der Waals surface area contributed by atoms with E-state index in [2.05, 4.69) is 47.9 Å². The van der Waals surface area contributed by atoms with Crippen LogP contribution in [0.4, 0.5) is 5.82 Å². The first-order valence-electron chi connectivity index (χ1n) is 27.6. The van der Waals surface area contributed by atoms with E-state index in [4.69, 9.17) is 9.47 Å². The number of ether oxygens (including phenoxy) is 2. The smallest absolute Gasteiger partial charge is 0.346 e. The normalized spacial score (nSPS) is 13.1. The zero-order valence-corrected chi connectivity index (χ0v) is 42.0. The van der Waals surface area contributed by atoms with Crippen molar-refractivity contribution in [2.45, 2.75) is 284 Å². The number of nitrogens with one attached hydrogen (secondary N) is 2. The first-order valence-corrected chi connectivity index (χ1v) is 27.6. The van der Waals surface area contributed by atoms with Crippen molar-refractivity contribution < 1.29 is 14.3 Å². The average molecular weight is 883 g/mol. The maximum Gasteiger partial charge on any atom is 0.346 e. The van der Waals surface area contributed by atoms with Crippen molar-refractivity contribution in [1.82, 2.24) is 14.9 Å². The highest BCUT2D eigenvalue weighted by atomic mass is 16.5. The van der Waals surface area contributed by atoms with Crippen molar-refractivity contribution in [3.8, 4) is 0 Å². The molecule has 0 bridgehead atoms. The van der Waals surface area contributed by atoms with E-state index in [1.165, 1.54) is 198 Å². The summed E-state index contributed by atoms with van der Waals surface area (Å²) in [5.74, 6) is 2.13. The predicted octanol–water partition coefficient (Wildman–Crippen LogP) is 16.0. The second-order valence-electron chi connectivity index (χ2n) is 19.3. The highest BCUT2D eigenvalue weighted by molar-refractivity contribution is 5.69. The Bertz CT molecular complexity index is 1260. The van der Waals surface area contributed by atoms with Crippen LogP contribution in [0.5, 0.6) is 0 Å². The van der Waals surface area contributed by atoms with Crippen LogP contribution >= 0.6 is 0 Å². The van der Waals surface area contributed by atoms with E-state index in [0.29, 0.717) is 12.5 Å². The van der Waals surface area contributed by atoms with E-state index >= 15 is 0 Å². The van der Waals surface area contributed by atoms with Gasteiger partial charge in [0.1, 0.15) is 11.9 Å². The minimum absolute atomic E-state index is 0.0284.